The first-order valence-electron chi connectivity index (χ1n) is 7.76. The molecule has 1 aliphatic rings. The standard InChI is InChI=1S/C16H22N6/c1-10-7-11(2)19-16(18-10)22-15-8-14(20-12(3)21-15)13-5-4-6-17-9-13/h7-8,13,17H,4-6,9H2,1-3H3,(H,18,19,20,21,22). The lowest BCUT2D eigenvalue weighted by molar-refractivity contribution is 0.453. The predicted octanol–water partition coefficient (Wildman–Crippen LogP) is 2.40. The van der Waals surface area contributed by atoms with Gasteiger partial charge in [-0.2, -0.15) is 0 Å². The van der Waals surface area contributed by atoms with Crippen LogP contribution < -0.4 is 10.6 Å². The highest BCUT2D eigenvalue weighted by molar-refractivity contribution is 5.49. The van der Waals surface area contributed by atoms with Crippen LogP contribution in [0.15, 0.2) is 12.1 Å². The zero-order valence-corrected chi connectivity index (χ0v) is 13.3. The average Bonchev–Trinajstić information content (AvgIpc) is 2.46. The van der Waals surface area contributed by atoms with Crippen LogP contribution in [-0.4, -0.2) is 33.0 Å². The van der Waals surface area contributed by atoms with E-state index >= 15 is 0 Å². The Morgan fingerprint density at radius 3 is 2.50 bits per heavy atom. The SMILES string of the molecule is Cc1cc(C)nc(Nc2cc(C3CCCNC3)nc(C)n2)n1. The van der Waals surface area contributed by atoms with Crippen LogP contribution in [-0.2, 0) is 0 Å². The number of rotatable bonds is 3. The molecule has 2 aromatic heterocycles. The van der Waals surface area contributed by atoms with Gasteiger partial charge < -0.3 is 10.6 Å². The van der Waals surface area contributed by atoms with E-state index in [1.165, 1.54) is 12.8 Å². The van der Waals surface area contributed by atoms with Crippen molar-refractivity contribution in [2.24, 2.45) is 0 Å². The van der Waals surface area contributed by atoms with Crippen molar-refractivity contribution in [3.63, 3.8) is 0 Å². The molecule has 0 aliphatic carbocycles. The van der Waals surface area contributed by atoms with Crippen LogP contribution in [0.1, 0.15) is 41.7 Å². The van der Waals surface area contributed by atoms with Crippen LogP contribution in [0.5, 0.6) is 0 Å². The smallest absolute Gasteiger partial charge is 0.228 e. The monoisotopic (exact) mass is 298 g/mol. The molecule has 0 saturated carbocycles. The maximum absolute atomic E-state index is 4.60. The first-order valence-corrected chi connectivity index (χ1v) is 7.76. The van der Waals surface area contributed by atoms with Gasteiger partial charge in [-0.1, -0.05) is 0 Å². The van der Waals surface area contributed by atoms with Crippen LogP contribution in [0.4, 0.5) is 11.8 Å². The summed E-state index contributed by atoms with van der Waals surface area (Å²) in [5.41, 5.74) is 2.97. The van der Waals surface area contributed by atoms with E-state index in [1.807, 2.05) is 32.9 Å². The van der Waals surface area contributed by atoms with E-state index in [0.717, 1.165) is 41.8 Å². The van der Waals surface area contributed by atoms with Gasteiger partial charge in [-0.05, 0) is 46.2 Å². The van der Waals surface area contributed by atoms with Crippen molar-refractivity contribution in [1.82, 2.24) is 25.3 Å². The average molecular weight is 298 g/mol. The van der Waals surface area contributed by atoms with Gasteiger partial charge in [0.2, 0.25) is 5.95 Å². The van der Waals surface area contributed by atoms with Gasteiger partial charge in [0.15, 0.2) is 0 Å². The van der Waals surface area contributed by atoms with Crippen LogP contribution in [0, 0.1) is 20.8 Å². The maximum Gasteiger partial charge on any atom is 0.228 e. The number of aromatic nitrogens is 4. The molecule has 0 bridgehead atoms. The highest BCUT2D eigenvalue weighted by atomic mass is 15.1. The summed E-state index contributed by atoms with van der Waals surface area (Å²) in [6, 6.07) is 3.97. The highest BCUT2D eigenvalue weighted by Gasteiger charge is 2.18. The number of nitrogens with one attached hydrogen (secondary N) is 2. The minimum absolute atomic E-state index is 0.455. The molecule has 1 saturated heterocycles. The minimum Gasteiger partial charge on any atom is -0.316 e. The van der Waals surface area contributed by atoms with Gasteiger partial charge >= 0.3 is 0 Å². The molecule has 1 aliphatic heterocycles. The molecule has 2 aromatic rings. The maximum atomic E-state index is 4.60. The van der Waals surface area contributed by atoms with Crippen LogP contribution in [0.25, 0.3) is 0 Å². The third-order valence-corrected chi connectivity index (χ3v) is 3.80. The fraction of sp³-hybridized carbons (Fsp3) is 0.500. The summed E-state index contributed by atoms with van der Waals surface area (Å²) in [5.74, 6) is 2.58. The lowest BCUT2D eigenvalue weighted by atomic mass is 9.96. The van der Waals surface area contributed by atoms with Gasteiger partial charge in [0.25, 0.3) is 0 Å². The van der Waals surface area contributed by atoms with E-state index in [4.69, 9.17) is 0 Å². The molecule has 3 heterocycles. The number of anilines is 2. The zero-order chi connectivity index (χ0) is 15.5. The number of piperidine rings is 1. The normalized spacial score (nSPS) is 18.2. The van der Waals surface area contributed by atoms with Crippen molar-refractivity contribution in [3.8, 4) is 0 Å². The Labute approximate surface area is 130 Å². The first kappa shape index (κ1) is 14.8. The van der Waals surface area contributed by atoms with Gasteiger partial charge in [0.1, 0.15) is 11.6 Å². The third-order valence-electron chi connectivity index (χ3n) is 3.80. The fourth-order valence-electron chi connectivity index (χ4n) is 2.86. The molecule has 1 fully saturated rings. The quantitative estimate of drug-likeness (QED) is 0.906. The second kappa shape index (κ2) is 6.36. The Morgan fingerprint density at radius 1 is 1.05 bits per heavy atom. The second-order valence-corrected chi connectivity index (χ2v) is 5.87. The van der Waals surface area contributed by atoms with Crippen molar-refractivity contribution >= 4 is 11.8 Å². The molecule has 3 rings (SSSR count). The zero-order valence-electron chi connectivity index (χ0n) is 13.3. The summed E-state index contributed by atoms with van der Waals surface area (Å²) in [6.45, 7) is 7.93. The Bertz CT molecular complexity index is 643. The molecule has 0 spiro atoms. The lowest BCUT2D eigenvalue weighted by Gasteiger charge is -2.22. The van der Waals surface area contributed by atoms with Crippen molar-refractivity contribution < 1.29 is 0 Å². The van der Waals surface area contributed by atoms with Gasteiger partial charge in [0.05, 0.1) is 5.69 Å². The molecule has 2 N–H and O–H groups in total. The van der Waals surface area contributed by atoms with E-state index in [-0.39, 0.29) is 0 Å². The fourth-order valence-corrected chi connectivity index (χ4v) is 2.86. The molecule has 0 amide bonds. The van der Waals surface area contributed by atoms with Crippen LogP contribution in [0.2, 0.25) is 0 Å². The van der Waals surface area contributed by atoms with Crippen LogP contribution >= 0.6 is 0 Å². The highest BCUT2D eigenvalue weighted by Crippen LogP contribution is 2.24. The number of hydrogen-bond donors (Lipinski definition) is 2. The molecule has 6 nitrogen and oxygen atoms in total. The Balaban J connectivity index is 1.85. The molecule has 0 radical (unpaired) electrons. The van der Waals surface area contributed by atoms with Gasteiger partial charge in [-0.3, -0.25) is 0 Å². The van der Waals surface area contributed by atoms with Crippen molar-refractivity contribution in [2.75, 3.05) is 18.4 Å². The molecular formula is C16H22N6. The Kier molecular flexibility index (Phi) is 4.29. The lowest BCUT2D eigenvalue weighted by Crippen LogP contribution is -2.29. The third kappa shape index (κ3) is 3.57. The molecule has 1 atom stereocenters. The number of aryl methyl sites for hydroxylation is 3. The Morgan fingerprint density at radius 2 is 1.82 bits per heavy atom. The van der Waals surface area contributed by atoms with Crippen molar-refractivity contribution in [1.29, 1.82) is 0 Å². The molecule has 6 heteroatoms. The largest absolute Gasteiger partial charge is 0.316 e. The molecule has 22 heavy (non-hydrogen) atoms. The van der Waals surface area contributed by atoms with Gasteiger partial charge in [-0.25, -0.2) is 19.9 Å². The second-order valence-electron chi connectivity index (χ2n) is 5.87. The van der Waals surface area contributed by atoms with E-state index in [0.29, 0.717) is 11.9 Å². The predicted molar refractivity (Wildman–Crippen MR) is 86.4 cm³/mol. The summed E-state index contributed by atoms with van der Waals surface area (Å²) >= 11 is 0. The summed E-state index contributed by atoms with van der Waals surface area (Å²) < 4.78 is 0. The van der Waals surface area contributed by atoms with E-state index in [9.17, 15) is 0 Å². The minimum atomic E-state index is 0.455. The Hall–Kier alpha value is -2.08. The van der Waals surface area contributed by atoms with E-state index < -0.39 is 0 Å². The molecule has 1 unspecified atom stereocenters. The first-order chi connectivity index (χ1) is 10.6. The topological polar surface area (TPSA) is 75.6 Å². The van der Waals surface area contributed by atoms with Gasteiger partial charge in [0, 0.05) is 29.9 Å². The summed E-state index contributed by atoms with van der Waals surface area (Å²) in [7, 11) is 0. The van der Waals surface area contributed by atoms with E-state index in [1.54, 1.807) is 0 Å². The van der Waals surface area contributed by atoms with Crippen molar-refractivity contribution in [2.45, 2.75) is 39.5 Å². The number of hydrogen-bond acceptors (Lipinski definition) is 6. The molecular weight excluding hydrogens is 276 g/mol. The number of nitrogens with zero attached hydrogens (tertiary/aromatic N) is 4. The summed E-state index contributed by atoms with van der Waals surface area (Å²) in [5, 5.41) is 6.64. The van der Waals surface area contributed by atoms with Gasteiger partial charge in [-0.15, -0.1) is 0 Å². The summed E-state index contributed by atoms with van der Waals surface area (Å²) in [6.07, 6.45) is 2.36. The summed E-state index contributed by atoms with van der Waals surface area (Å²) in [4.78, 5) is 17.9. The van der Waals surface area contributed by atoms with Crippen LogP contribution in [0.3, 0.4) is 0 Å². The molecule has 116 valence electrons. The van der Waals surface area contributed by atoms with E-state index in [2.05, 4.69) is 30.6 Å². The van der Waals surface area contributed by atoms with Crippen molar-refractivity contribution in [3.05, 3.63) is 35.0 Å². The molecule has 0 aromatic carbocycles.